The van der Waals surface area contributed by atoms with E-state index in [1.165, 1.54) is 11.5 Å². The van der Waals surface area contributed by atoms with E-state index in [-0.39, 0.29) is 5.91 Å². The third kappa shape index (κ3) is 4.67. The largest absolute Gasteiger partial charge is 0.378 e. The molecule has 1 aromatic heterocycles. The van der Waals surface area contributed by atoms with Crippen LogP contribution >= 0.6 is 11.5 Å². The number of benzene rings is 1. The van der Waals surface area contributed by atoms with Gasteiger partial charge in [-0.3, -0.25) is 9.52 Å². The SMILES string of the molecule is CNc1snc(C)c1C(=O)NCc1ccc(NS(C)(=O)=O)cc1. The van der Waals surface area contributed by atoms with E-state index in [0.717, 1.165) is 16.8 Å². The minimum absolute atomic E-state index is 0.195. The number of aryl methyl sites for hydroxylation is 1. The van der Waals surface area contributed by atoms with Crippen LogP contribution in [0, 0.1) is 6.92 Å². The van der Waals surface area contributed by atoms with Gasteiger partial charge >= 0.3 is 0 Å². The van der Waals surface area contributed by atoms with E-state index >= 15 is 0 Å². The second-order valence-corrected chi connectivity index (χ2v) is 7.50. The van der Waals surface area contributed by atoms with Crippen molar-refractivity contribution in [3.05, 3.63) is 41.1 Å². The molecule has 2 rings (SSSR count). The van der Waals surface area contributed by atoms with E-state index in [0.29, 0.717) is 23.5 Å². The maximum Gasteiger partial charge on any atom is 0.256 e. The molecule has 124 valence electrons. The third-order valence-electron chi connectivity index (χ3n) is 3.03. The molecule has 0 fully saturated rings. The van der Waals surface area contributed by atoms with Gasteiger partial charge in [0, 0.05) is 19.3 Å². The molecular formula is C14H18N4O3S2. The van der Waals surface area contributed by atoms with Crippen LogP contribution in [-0.4, -0.2) is 32.0 Å². The number of nitrogens with zero attached hydrogens (tertiary/aromatic N) is 1. The minimum Gasteiger partial charge on any atom is -0.378 e. The lowest BCUT2D eigenvalue weighted by atomic mass is 10.2. The second-order valence-electron chi connectivity index (χ2n) is 4.98. The number of hydrogen-bond acceptors (Lipinski definition) is 6. The highest BCUT2D eigenvalue weighted by molar-refractivity contribution is 7.92. The fourth-order valence-corrected chi connectivity index (χ4v) is 3.29. The average Bonchev–Trinajstić information content (AvgIpc) is 2.85. The summed E-state index contributed by atoms with van der Waals surface area (Å²) < 4.78 is 28.8. The van der Waals surface area contributed by atoms with Crippen LogP contribution in [0.2, 0.25) is 0 Å². The van der Waals surface area contributed by atoms with Crippen LogP contribution in [0.15, 0.2) is 24.3 Å². The molecule has 1 aromatic carbocycles. The van der Waals surface area contributed by atoms with Crippen LogP contribution in [0.1, 0.15) is 21.6 Å². The van der Waals surface area contributed by atoms with Crippen molar-refractivity contribution in [3.63, 3.8) is 0 Å². The quantitative estimate of drug-likeness (QED) is 0.734. The molecule has 0 unspecified atom stereocenters. The number of aromatic nitrogens is 1. The summed E-state index contributed by atoms with van der Waals surface area (Å²) in [5.74, 6) is -0.195. The lowest BCUT2D eigenvalue weighted by Crippen LogP contribution is -2.23. The van der Waals surface area contributed by atoms with Gasteiger partial charge < -0.3 is 10.6 Å². The summed E-state index contributed by atoms with van der Waals surface area (Å²) in [7, 11) is -1.54. The van der Waals surface area contributed by atoms with Crippen LogP contribution in [0.4, 0.5) is 10.7 Å². The van der Waals surface area contributed by atoms with Crippen molar-refractivity contribution in [2.45, 2.75) is 13.5 Å². The molecule has 0 aliphatic rings. The monoisotopic (exact) mass is 354 g/mol. The number of sulfonamides is 1. The first-order chi connectivity index (χ1) is 10.8. The Labute approximate surface area is 139 Å². The van der Waals surface area contributed by atoms with Crippen molar-refractivity contribution < 1.29 is 13.2 Å². The van der Waals surface area contributed by atoms with E-state index in [1.54, 1.807) is 38.2 Å². The Morgan fingerprint density at radius 3 is 2.48 bits per heavy atom. The summed E-state index contributed by atoms with van der Waals surface area (Å²) in [4.78, 5) is 12.3. The van der Waals surface area contributed by atoms with Gasteiger partial charge in [-0.25, -0.2) is 8.42 Å². The highest BCUT2D eigenvalue weighted by Gasteiger charge is 2.17. The van der Waals surface area contributed by atoms with Crippen molar-refractivity contribution in [3.8, 4) is 0 Å². The Bertz CT molecular complexity index is 798. The van der Waals surface area contributed by atoms with Gasteiger partial charge in [-0.1, -0.05) is 12.1 Å². The zero-order valence-electron chi connectivity index (χ0n) is 13.0. The molecule has 7 nitrogen and oxygen atoms in total. The summed E-state index contributed by atoms with van der Waals surface area (Å²) in [6.45, 7) is 2.13. The molecule has 0 bridgehead atoms. The second kappa shape index (κ2) is 6.97. The molecule has 1 amide bonds. The smallest absolute Gasteiger partial charge is 0.256 e. The van der Waals surface area contributed by atoms with Gasteiger partial charge in [0.25, 0.3) is 5.91 Å². The number of carbonyl (C=O) groups is 1. The molecule has 1 heterocycles. The number of rotatable bonds is 6. The summed E-state index contributed by atoms with van der Waals surface area (Å²) in [6.07, 6.45) is 1.09. The lowest BCUT2D eigenvalue weighted by molar-refractivity contribution is 0.0951. The Morgan fingerprint density at radius 2 is 1.91 bits per heavy atom. The van der Waals surface area contributed by atoms with Crippen molar-refractivity contribution in [1.82, 2.24) is 9.69 Å². The fourth-order valence-electron chi connectivity index (χ4n) is 1.98. The molecule has 0 spiro atoms. The Balaban J connectivity index is 2.00. The highest BCUT2D eigenvalue weighted by atomic mass is 32.2. The molecule has 0 aliphatic carbocycles. The van der Waals surface area contributed by atoms with Crippen LogP contribution in [0.25, 0.3) is 0 Å². The summed E-state index contributed by atoms with van der Waals surface area (Å²) in [6, 6.07) is 6.81. The lowest BCUT2D eigenvalue weighted by Gasteiger charge is -2.08. The zero-order chi connectivity index (χ0) is 17.0. The number of hydrogen-bond donors (Lipinski definition) is 3. The Hall–Kier alpha value is -2.13. The molecule has 0 radical (unpaired) electrons. The van der Waals surface area contributed by atoms with Crippen molar-refractivity contribution in [2.24, 2.45) is 0 Å². The van der Waals surface area contributed by atoms with E-state index in [1.807, 2.05) is 0 Å². The van der Waals surface area contributed by atoms with E-state index in [4.69, 9.17) is 0 Å². The standard InChI is InChI=1S/C14H18N4O3S2/c1-9-12(14(15-2)22-17-9)13(19)16-8-10-4-6-11(7-5-10)18-23(3,20)21/h4-7,15,18H,8H2,1-3H3,(H,16,19). The average molecular weight is 354 g/mol. The van der Waals surface area contributed by atoms with Crippen molar-refractivity contribution in [1.29, 1.82) is 0 Å². The molecule has 0 saturated carbocycles. The van der Waals surface area contributed by atoms with Gasteiger partial charge in [-0.15, -0.1) is 0 Å². The van der Waals surface area contributed by atoms with E-state index < -0.39 is 10.0 Å². The summed E-state index contributed by atoms with van der Waals surface area (Å²) in [5.41, 5.74) is 2.58. The highest BCUT2D eigenvalue weighted by Crippen LogP contribution is 2.23. The van der Waals surface area contributed by atoms with E-state index in [2.05, 4.69) is 19.7 Å². The van der Waals surface area contributed by atoms with Crippen molar-refractivity contribution >= 4 is 38.2 Å². The number of nitrogens with one attached hydrogen (secondary N) is 3. The minimum atomic E-state index is -3.29. The molecule has 9 heteroatoms. The molecular weight excluding hydrogens is 336 g/mol. The molecule has 3 N–H and O–H groups in total. The summed E-state index contributed by atoms with van der Waals surface area (Å²) in [5, 5.41) is 6.52. The van der Waals surface area contributed by atoms with Gasteiger partial charge in [0.05, 0.1) is 17.5 Å². The molecule has 0 saturated heterocycles. The van der Waals surface area contributed by atoms with Crippen LogP contribution in [0.5, 0.6) is 0 Å². The number of anilines is 2. The molecule has 2 aromatic rings. The van der Waals surface area contributed by atoms with Gasteiger partial charge in [-0.2, -0.15) is 4.37 Å². The fraction of sp³-hybridized carbons (Fsp3) is 0.286. The van der Waals surface area contributed by atoms with Crippen LogP contribution in [-0.2, 0) is 16.6 Å². The van der Waals surface area contributed by atoms with E-state index in [9.17, 15) is 13.2 Å². The van der Waals surface area contributed by atoms with Gasteiger partial charge in [0.15, 0.2) is 0 Å². The zero-order valence-corrected chi connectivity index (χ0v) is 14.6. The normalized spacial score (nSPS) is 11.1. The maximum absolute atomic E-state index is 12.3. The van der Waals surface area contributed by atoms with Crippen LogP contribution in [0.3, 0.4) is 0 Å². The first kappa shape index (κ1) is 17.2. The van der Waals surface area contributed by atoms with Gasteiger partial charge in [0.2, 0.25) is 10.0 Å². The predicted molar refractivity (Wildman–Crippen MR) is 92.5 cm³/mol. The van der Waals surface area contributed by atoms with Gasteiger partial charge in [0.1, 0.15) is 5.00 Å². The maximum atomic E-state index is 12.3. The Morgan fingerprint density at radius 1 is 1.26 bits per heavy atom. The Kier molecular flexibility index (Phi) is 5.22. The topological polar surface area (TPSA) is 100 Å². The first-order valence-electron chi connectivity index (χ1n) is 6.79. The number of carbonyl (C=O) groups excluding carboxylic acids is 1. The van der Waals surface area contributed by atoms with Gasteiger partial charge in [-0.05, 0) is 36.2 Å². The van der Waals surface area contributed by atoms with Crippen LogP contribution < -0.4 is 15.4 Å². The van der Waals surface area contributed by atoms with Crippen molar-refractivity contribution in [2.75, 3.05) is 23.3 Å². The number of amides is 1. The molecule has 23 heavy (non-hydrogen) atoms. The first-order valence-corrected chi connectivity index (χ1v) is 9.45. The molecule has 0 aliphatic heterocycles. The predicted octanol–water partition coefficient (Wildman–Crippen LogP) is 1.79. The summed E-state index contributed by atoms with van der Waals surface area (Å²) >= 11 is 1.25. The molecule has 0 atom stereocenters. The third-order valence-corrected chi connectivity index (χ3v) is 4.59.